The molecule has 0 radical (unpaired) electrons. The Morgan fingerprint density at radius 1 is 1.08 bits per heavy atom. The molecule has 2 N–H and O–H groups in total. The molecular formula is C22H28N2O2. The summed E-state index contributed by atoms with van der Waals surface area (Å²) >= 11 is 0. The number of piperidine rings is 1. The van der Waals surface area contributed by atoms with Crippen LogP contribution in [0.5, 0.6) is 5.75 Å². The van der Waals surface area contributed by atoms with Crippen molar-refractivity contribution >= 4 is 5.91 Å². The Hall–Kier alpha value is -2.33. The second kappa shape index (κ2) is 9.39. The lowest BCUT2D eigenvalue weighted by atomic mass is 9.97. The van der Waals surface area contributed by atoms with E-state index in [1.54, 1.807) is 0 Å². The summed E-state index contributed by atoms with van der Waals surface area (Å²) in [6, 6.07) is 18.8. The average Bonchev–Trinajstić information content (AvgIpc) is 2.67. The van der Waals surface area contributed by atoms with E-state index in [0.717, 1.165) is 51.1 Å². The second-order valence-electron chi connectivity index (χ2n) is 7.05. The van der Waals surface area contributed by atoms with Crippen LogP contribution in [-0.2, 0) is 11.2 Å². The van der Waals surface area contributed by atoms with Gasteiger partial charge in [0, 0.05) is 13.1 Å². The zero-order valence-corrected chi connectivity index (χ0v) is 15.3. The molecule has 2 aromatic rings. The minimum atomic E-state index is -0.165. The first-order chi connectivity index (χ1) is 12.7. The predicted octanol–water partition coefficient (Wildman–Crippen LogP) is 3.24. The molecule has 1 aliphatic heterocycles. The molecule has 0 spiro atoms. The van der Waals surface area contributed by atoms with E-state index >= 15 is 0 Å². The molecule has 4 heteroatoms. The molecule has 1 amide bonds. The maximum Gasteiger partial charge on any atom is 0.221 e. The van der Waals surface area contributed by atoms with Crippen LogP contribution in [0.25, 0.3) is 0 Å². The fraction of sp³-hybridized carbons (Fsp3) is 0.409. The van der Waals surface area contributed by atoms with E-state index in [-0.39, 0.29) is 11.8 Å². The van der Waals surface area contributed by atoms with Gasteiger partial charge in [0.2, 0.25) is 5.91 Å². The van der Waals surface area contributed by atoms with Gasteiger partial charge >= 0.3 is 0 Å². The Bertz CT molecular complexity index is 685. The topological polar surface area (TPSA) is 55.6 Å². The van der Waals surface area contributed by atoms with Crippen molar-refractivity contribution in [1.82, 2.24) is 4.90 Å². The zero-order chi connectivity index (χ0) is 18.2. The lowest BCUT2D eigenvalue weighted by molar-refractivity contribution is -0.123. The van der Waals surface area contributed by atoms with Gasteiger partial charge < -0.3 is 15.4 Å². The van der Waals surface area contributed by atoms with Crippen LogP contribution < -0.4 is 10.5 Å². The number of carbonyl (C=O) groups is 1. The summed E-state index contributed by atoms with van der Waals surface area (Å²) in [5.41, 5.74) is 8.03. The highest BCUT2D eigenvalue weighted by Crippen LogP contribution is 2.17. The molecule has 0 bridgehead atoms. The van der Waals surface area contributed by atoms with Gasteiger partial charge in [0.1, 0.15) is 5.75 Å². The Kier molecular flexibility index (Phi) is 6.67. The van der Waals surface area contributed by atoms with Crippen LogP contribution in [0, 0.1) is 5.92 Å². The van der Waals surface area contributed by atoms with Gasteiger partial charge in [-0.05, 0) is 55.5 Å². The number of hydrogen-bond donors (Lipinski definition) is 1. The maximum absolute atomic E-state index is 11.3. The summed E-state index contributed by atoms with van der Waals surface area (Å²) in [6.07, 6.45) is 3.88. The molecule has 4 nitrogen and oxygen atoms in total. The third-order valence-electron chi connectivity index (χ3n) is 4.97. The molecule has 1 unspecified atom stereocenters. The number of benzene rings is 2. The van der Waals surface area contributed by atoms with Crippen molar-refractivity contribution in [2.24, 2.45) is 11.7 Å². The van der Waals surface area contributed by atoms with Gasteiger partial charge in [-0.15, -0.1) is 0 Å². The molecule has 2 aromatic carbocycles. The maximum atomic E-state index is 11.3. The van der Waals surface area contributed by atoms with E-state index in [9.17, 15) is 4.79 Å². The molecule has 26 heavy (non-hydrogen) atoms. The fourth-order valence-electron chi connectivity index (χ4n) is 3.50. The lowest BCUT2D eigenvalue weighted by Gasteiger charge is -2.30. The highest BCUT2D eigenvalue weighted by Gasteiger charge is 2.23. The number of amides is 1. The Morgan fingerprint density at radius 3 is 2.54 bits per heavy atom. The molecule has 0 aromatic heterocycles. The summed E-state index contributed by atoms with van der Waals surface area (Å²) in [5.74, 6) is 0.763. The van der Waals surface area contributed by atoms with Crippen molar-refractivity contribution in [3.05, 3.63) is 65.7 Å². The highest BCUT2D eigenvalue weighted by molar-refractivity contribution is 5.76. The number of rotatable bonds is 8. The van der Waals surface area contributed by atoms with E-state index in [1.165, 1.54) is 11.1 Å². The predicted molar refractivity (Wildman–Crippen MR) is 104 cm³/mol. The number of ether oxygens (including phenoxy) is 1. The van der Waals surface area contributed by atoms with Gasteiger partial charge in [-0.2, -0.15) is 0 Å². The number of likely N-dealkylation sites (tertiary alicyclic amines) is 1. The van der Waals surface area contributed by atoms with Gasteiger partial charge in [-0.3, -0.25) is 4.79 Å². The van der Waals surface area contributed by atoms with Crippen LogP contribution in [0.1, 0.15) is 30.4 Å². The van der Waals surface area contributed by atoms with Gasteiger partial charge in [0.25, 0.3) is 0 Å². The average molecular weight is 352 g/mol. The second-order valence-corrected chi connectivity index (χ2v) is 7.05. The molecule has 1 saturated heterocycles. The largest absolute Gasteiger partial charge is 0.494 e. The zero-order valence-electron chi connectivity index (χ0n) is 15.3. The van der Waals surface area contributed by atoms with E-state index in [2.05, 4.69) is 41.3 Å². The van der Waals surface area contributed by atoms with Crippen molar-refractivity contribution in [1.29, 1.82) is 0 Å². The first-order valence-corrected chi connectivity index (χ1v) is 9.48. The summed E-state index contributed by atoms with van der Waals surface area (Å²) < 4.78 is 5.86. The van der Waals surface area contributed by atoms with Gasteiger partial charge in [-0.1, -0.05) is 42.5 Å². The van der Waals surface area contributed by atoms with Crippen molar-refractivity contribution < 1.29 is 9.53 Å². The van der Waals surface area contributed by atoms with Crippen molar-refractivity contribution in [3.63, 3.8) is 0 Å². The van der Waals surface area contributed by atoms with Gasteiger partial charge in [0.15, 0.2) is 0 Å². The Labute approximate surface area is 156 Å². The van der Waals surface area contributed by atoms with Crippen LogP contribution in [0.15, 0.2) is 54.6 Å². The molecule has 0 saturated carbocycles. The SMILES string of the molecule is NC(=O)C1CCCN(CCCOc2ccc(Cc3ccccc3)cc2)C1. The van der Waals surface area contributed by atoms with Gasteiger partial charge in [0.05, 0.1) is 12.5 Å². The van der Waals surface area contributed by atoms with Crippen molar-refractivity contribution in [2.75, 3.05) is 26.2 Å². The molecule has 1 atom stereocenters. The van der Waals surface area contributed by atoms with Crippen molar-refractivity contribution in [2.45, 2.75) is 25.7 Å². The standard InChI is InChI=1S/C22H28N2O2/c23-22(25)20-8-4-13-24(17-20)14-5-15-26-21-11-9-19(10-12-21)16-18-6-2-1-3-7-18/h1-3,6-7,9-12,20H,4-5,8,13-17H2,(H2,23,25). The Morgan fingerprint density at radius 2 is 1.81 bits per heavy atom. The Balaban J connectivity index is 1.38. The van der Waals surface area contributed by atoms with Crippen LogP contribution in [-0.4, -0.2) is 37.0 Å². The summed E-state index contributed by atoms with van der Waals surface area (Å²) in [7, 11) is 0. The number of hydrogen-bond acceptors (Lipinski definition) is 3. The van der Waals surface area contributed by atoms with E-state index in [1.807, 2.05) is 18.2 Å². The molecular weight excluding hydrogens is 324 g/mol. The normalized spacial score (nSPS) is 17.8. The lowest BCUT2D eigenvalue weighted by Crippen LogP contribution is -2.41. The summed E-state index contributed by atoms with van der Waals surface area (Å²) in [4.78, 5) is 13.7. The van der Waals surface area contributed by atoms with E-state index in [0.29, 0.717) is 6.61 Å². The molecule has 1 heterocycles. The number of nitrogens with zero attached hydrogens (tertiary/aromatic N) is 1. The number of carbonyl (C=O) groups excluding carboxylic acids is 1. The van der Waals surface area contributed by atoms with Gasteiger partial charge in [-0.25, -0.2) is 0 Å². The van der Waals surface area contributed by atoms with E-state index < -0.39 is 0 Å². The number of primary amides is 1. The minimum Gasteiger partial charge on any atom is -0.494 e. The first-order valence-electron chi connectivity index (χ1n) is 9.48. The molecule has 1 aliphatic rings. The fourth-order valence-corrected chi connectivity index (χ4v) is 3.50. The quantitative estimate of drug-likeness (QED) is 0.742. The molecule has 3 rings (SSSR count). The molecule has 138 valence electrons. The number of nitrogens with two attached hydrogens (primary N) is 1. The van der Waals surface area contributed by atoms with Crippen molar-refractivity contribution in [3.8, 4) is 5.75 Å². The minimum absolute atomic E-state index is 0.0156. The molecule has 0 aliphatic carbocycles. The van der Waals surface area contributed by atoms with Crippen LogP contribution in [0.3, 0.4) is 0 Å². The third-order valence-corrected chi connectivity index (χ3v) is 4.97. The monoisotopic (exact) mass is 352 g/mol. The first kappa shape index (κ1) is 18.5. The summed E-state index contributed by atoms with van der Waals surface area (Å²) in [6.45, 7) is 3.49. The summed E-state index contributed by atoms with van der Waals surface area (Å²) in [5, 5.41) is 0. The van der Waals surface area contributed by atoms with E-state index in [4.69, 9.17) is 10.5 Å². The smallest absolute Gasteiger partial charge is 0.221 e. The van der Waals surface area contributed by atoms with Crippen LogP contribution >= 0.6 is 0 Å². The third kappa shape index (κ3) is 5.60. The van der Waals surface area contributed by atoms with Crippen LogP contribution in [0.2, 0.25) is 0 Å². The molecule has 1 fully saturated rings. The highest BCUT2D eigenvalue weighted by atomic mass is 16.5. The van der Waals surface area contributed by atoms with Crippen LogP contribution in [0.4, 0.5) is 0 Å².